The molecule has 0 fully saturated rings. The molecular weight excluding hydrogens is 502 g/mol. The second kappa shape index (κ2) is 7.96. The third-order valence-electron chi connectivity index (χ3n) is 4.47. The van der Waals surface area contributed by atoms with Gasteiger partial charge in [0.15, 0.2) is 12.3 Å². The number of benzene rings is 3. The first-order chi connectivity index (χ1) is 13.9. The number of amides is 1. The molecule has 0 bridgehead atoms. The van der Waals surface area contributed by atoms with Crippen molar-refractivity contribution in [1.29, 1.82) is 0 Å². The van der Waals surface area contributed by atoms with Gasteiger partial charge in [-0.1, -0.05) is 46.3 Å². The van der Waals surface area contributed by atoms with E-state index in [1.807, 2.05) is 49.4 Å². The van der Waals surface area contributed by atoms with Crippen LogP contribution < -0.4 is 4.74 Å². The Labute approximate surface area is 182 Å². The van der Waals surface area contributed by atoms with E-state index in [2.05, 4.69) is 47.1 Å². The fourth-order valence-corrected chi connectivity index (χ4v) is 3.95. The summed E-state index contributed by atoms with van der Waals surface area (Å²) in [7, 11) is 0. The number of hydrogen-bond donors (Lipinski definition) is 2. The zero-order valence-electron chi connectivity index (χ0n) is 15.2. The average Bonchev–Trinajstić information content (AvgIpc) is 3.00. The summed E-state index contributed by atoms with van der Waals surface area (Å²) in [6.07, 6.45) is 0. The second-order valence-electron chi connectivity index (χ2n) is 6.45. The van der Waals surface area contributed by atoms with E-state index >= 15 is 0 Å². The maximum atomic E-state index is 12.2. The van der Waals surface area contributed by atoms with Crippen LogP contribution in [0.3, 0.4) is 0 Å². The number of aromatic amines is 1. The molecule has 0 spiro atoms. The van der Waals surface area contributed by atoms with Crippen molar-refractivity contribution in [3.8, 4) is 11.6 Å². The number of hydrogen-bond acceptors (Lipinski definition) is 4. The Morgan fingerprint density at radius 3 is 2.76 bits per heavy atom. The molecular formula is C21H15Br2N3O3. The first-order valence-corrected chi connectivity index (χ1v) is 10.3. The Balaban J connectivity index is 1.51. The quantitative estimate of drug-likeness (QED) is 0.301. The highest BCUT2D eigenvalue weighted by Crippen LogP contribution is 2.38. The third kappa shape index (κ3) is 3.90. The summed E-state index contributed by atoms with van der Waals surface area (Å²) in [4.78, 5) is 15.0. The molecule has 0 unspecified atom stereocenters. The fraction of sp³-hybridized carbons (Fsp3) is 0.0952. The molecule has 146 valence electrons. The van der Waals surface area contributed by atoms with Gasteiger partial charge in [-0.05, 0) is 57.4 Å². The Morgan fingerprint density at radius 1 is 1.14 bits per heavy atom. The van der Waals surface area contributed by atoms with E-state index in [1.165, 1.54) is 0 Å². The maximum Gasteiger partial charge on any atom is 0.302 e. The Morgan fingerprint density at radius 2 is 1.93 bits per heavy atom. The average molecular weight is 517 g/mol. The highest BCUT2D eigenvalue weighted by Gasteiger charge is 2.13. The summed E-state index contributed by atoms with van der Waals surface area (Å²) >= 11 is 6.97. The number of H-pyrrole nitrogens is 1. The van der Waals surface area contributed by atoms with Crippen LogP contribution in [-0.2, 0) is 4.79 Å². The molecule has 0 aliphatic heterocycles. The van der Waals surface area contributed by atoms with Crippen molar-refractivity contribution in [3.05, 3.63) is 63.0 Å². The number of aromatic nitrogens is 1. The van der Waals surface area contributed by atoms with Crippen molar-refractivity contribution in [1.82, 2.24) is 4.98 Å². The zero-order valence-corrected chi connectivity index (χ0v) is 18.4. The number of halogens is 2. The fourth-order valence-electron chi connectivity index (χ4n) is 3.00. The van der Waals surface area contributed by atoms with E-state index in [1.54, 1.807) is 6.07 Å². The summed E-state index contributed by atoms with van der Waals surface area (Å²) in [5, 5.41) is 20.5. The van der Waals surface area contributed by atoms with Gasteiger partial charge < -0.3 is 14.8 Å². The van der Waals surface area contributed by atoms with Crippen LogP contribution in [0, 0.1) is 6.92 Å². The van der Waals surface area contributed by atoms with E-state index in [0.29, 0.717) is 16.7 Å². The predicted molar refractivity (Wildman–Crippen MR) is 119 cm³/mol. The van der Waals surface area contributed by atoms with Crippen molar-refractivity contribution >= 4 is 65.1 Å². The normalized spacial score (nSPS) is 11.6. The molecule has 1 aromatic heterocycles. The molecule has 0 atom stereocenters. The third-order valence-corrected chi connectivity index (χ3v) is 6.14. The minimum Gasteiger partial charge on any atom is -0.493 e. The van der Waals surface area contributed by atoms with Crippen molar-refractivity contribution in [3.63, 3.8) is 0 Å². The summed E-state index contributed by atoms with van der Waals surface area (Å²) in [6, 6.07) is 15.3. The van der Waals surface area contributed by atoms with Crippen molar-refractivity contribution in [2.45, 2.75) is 6.92 Å². The van der Waals surface area contributed by atoms with E-state index in [-0.39, 0.29) is 18.2 Å². The van der Waals surface area contributed by atoms with Gasteiger partial charge in [-0.25, -0.2) is 0 Å². The number of carbonyl (C=O) groups is 1. The number of rotatable bonds is 4. The topological polar surface area (TPSA) is 87.0 Å². The lowest BCUT2D eigenvalue weighted by Crippen LogP contribution is -2.08. The lowest BCUT2D eigenvalue weighted by Gasteiger charge is -2.08. The summed E-state index contributed by atoms with van der Waals surface area (Å²) in [5.41, 5.74) is 1.89. The smallest absolute Gasteiger partial charge is 0.302 e. The van der Waals surface area contributed by atoms with Gasteiger partial charge in [0.05, 0.1) is 9.99 Å². The van der Waals surface area contributed by atoms with Crippen LogP contribution in [0.2, 0.25) is 0 Å². The zero-order chi connectivity index (χ0) is 20.5. The summed E-state index contributed by atoms with van der Waals surface area (Å²) in [6.45, 7) is 1.66. The van der Waals surface area contributed by atoms with Crippen LogP contribution in [-0.4, -0.2) is 22.6 Å². The number of azo groups is 1. The number of ether oxygens (including phenoxy) is 1. The van der Waals surface area contributed by atoms with E-state index in [9.17, 15) is 9.90 Å². The first kappa shape index (κ1) is 19.6. The largest absolute Gasteiger partial charge is 0.493 e. The monoisotopic (exact) mass is 515 g/mol. The Kier molecular flexibility index (Phi) is 5.38. The molecule has 8 heteroatoms. The van der Waals surface area contributed by atoms with Crippen molar-refractivity contribution < 1.29 is 14.6 Å². The molecule has 6 nitrogen and oxygen atoms in total. The molecule has 0 saturated carbocycles. The molecule has 4 aromatic rings. The SMILES string of the molecule is Cc1cc2c(N=NC(=O)COc3ccc4ccccc4c3Br)c(O)[nH]c2cc1Br. The minimum atomic E-state index is -0.562. The number of carbonyl (C=O) groups excluding carboxylic acids is 1. The van der Waals surface area contributed by atoms with Crippen molar-refractivity contribution in [2.75, 3.05) is 6.61 Å². The second-order valence-corrected chi connectivity index (χ2v) is 8.10. The first-order valence-electron chi connectivity index (χ1n) is 8.69. The van der Waals surface area contributed by atoms with Gasteiger partial charge in [-0.3, -0.25) is 4.79 Å². The van der Waals surface area contributed by atoms with Crippen molar-refractivity contribution in [2.24, 2.45) is 10.2 Å². The molecule has 0 radical (unpaired) electrons. The Hall–Kier alpha value is -2.71. The van der Waals surface area contributed by atoms with Gasteiger partial charge in [0, 0.05) is 9.86 Å². The molecule has 0 aliphatic rings. The van der Waals surface area contributed by atoms with Crippen LogP contribution in [0.4, 0.5) is 5.69 Å². The van der Waals surface area contributed by atoms with E-state index < -0.39 is 5.91 Å². The van der Waals surface area contributed by atoms with Crippen LogP contribution >= 0.6 is 31.9 Å². The number of nitrogens with zero attached hydrogens (tertiary/aromatic N) is 2. The molecule has 0 saturated heterocycles. The molecule has 1 heterocycles. The highest BCUT2D eigenvalue weighted by atomic mass is 79.9. The van der Waals surface area contributed by atoms with Gasteiger partial charge in [0.25, 0.3) is 0 Å². The van der Waals surface area contributed by atoms with Crippen LogP contribution in [0.5, 0.6) is 11.6 Å². The highest BCUT2D eigenvalue weighted by molar-refractivity contribution is 9.11. The van der Waals surface area contributed by atoms with Crippen LogP contribution in [0.25, 0.3) is 21.7 Å². The van der Waals surface area contributed by atoms with Crippen LogP contribution in [0.15, 0.2) is 67.7 Å². The minimum absolute atomic E-state index is 0.146. The number of fused-ring (bicyclic) bond motifs is 2. The molecule has 4 rings (SSSR count). The molecule has 0 aliphatic carbocycles. The maximum absolute atomic E-state index is 12.2. The number of aromatic hydroxyl groups is 1. The number of nitrogens with one attached hydrogen (secondary N) is 1. The summed E-state index contributed by atoms with van der Waals surface area (Å²) < 4.78 is 7.28. The molecule has 1 amide bonds. The lowest BCUT2D eigenvalue weighted by molar-refractivity contribution is -0.120. The van der Waals surface area contributed by atoms with Crippen LogP contribution in [0.1, 0.15) is 5.56 Å². The lowest BCUT2D eigenvalue weighted by atomic mass is 10.1. The number of aryl methyl sites for hydroxylation is 1. The molecule has 3 aromatic carbocycles. The van der Waals surface area contributed by atoms with Gasteiger partial charge >= 0.3 is 5.91 Å². The predicted octanol–water partition coefficient (Wildman–Crippen LogP) is 6.55. The van der Waals surface area contributed by atoms with E-state index in [4.69, 9.17) is 4.74 Å². The van der Waals surface area contributed by atoms with Gasteiger partial charge in [-0.15, -0.1) is 10.2 Å². The van der Waals surface area contributed by atoms with E-state index in [0.717, 1.165) is 25.3 Å². The van der Waals surface area contributed by atoms with Gasteiger partial charge in [0.2, 0.25) is 5.88 Å². The molecule has 2 N–H and O–H groups in total. The standard InChI is InChI=1S/C21H15Br2N3O3/c1-11-8-14-16(9-15(11)22)24-21(28)20(14)26-25-18(27)10-29-17-7-6-12-4-2-3-5-13(12)19(17)23/h2-9,24,28H,10H2,1H3. The van der Waals surface area contributed by atoms with Gasteiger partial charge in [0.1, 0.15) is 5.75 Å². The Bertz CT molecular complexity index is 1280. The molecule has 29 heavy (non-hydrogen) atoms. The van der Waals surface area contributed by atoms with Gasteiger partial charge in [-0.2, -0.15) is 0 Å². The summed E-state index contributed by atoms with van der Waals surface area (Å²) in [5.74, 6) is -0.164.